The number of rotatable bonds is 2. The van der Waals surface area contributed by atoms with Crippen molar-refractivity contribution in [3.8, 4) is 5.69 Å². The van der Waals surface area contributed by atoms with Crippen LogP contribution in [0.5, 0.6) is 0 Å². The summed E-state index contributed by atoms with van der Waals surface area (Å²) in [5.41, 5.74) is 3.95. The minimum absolute atomic E-state index is 0.0247. The standard InChI is InChI=1S/C19H16N4O/c24-19(11-10-15-6-2-1-3-7-15)22-13-16-8-4-5-9-18(16)23-17(14-22)12-20-21-23/h1-12H,13-14H2/b11-10+. The first-order valence-corrected chi connectivity index (χ1v) is 7.81. The van der Waals surface area contributed by atoms with Crippen LogP contribution in [0.15, 0.2) is 66.9 Å². The molecule has 5 nitrogen and oxygen atoms in total. The number of amides is 1. The number of carbonyl (C=O) groups is 1. The molecule has 1 aromatic heterocycles. The molecule has 3 aromatic rings. The monoisotopic (exact) mass is 316 g/mol. The second-order valence-corrected chi connectivity index (χ2v) is 5.70. The molecular weight excluding hydrogens is 300 g/mol. The molecule has 2 heterocycles. The van der Waals surface area contributed by atoms with Crippen LogP contribution in [-0.2, 0) is 17.9 Å². The SMILES string of the molecule is O=C(/C=C/c1ccccc1)N1Cc2ccccc2-n2nncc2C1. The third-order valence-corrected chi connectivity index (χ3v) is 4.08. The summed E-state index contributed by atoms with van der Waals surface area (Å²) >= 11 is 0. The van der Waals surface area contributed by atoms with Gasteiger partial charge in [-0.05, 0) is 23.3 Å². The van der Waals surface area contributed by atoms with Gasteiger partial charge in [0.25, 0.3) is 0 Å². The van der Waals surface area contributed by atoms with Gasteiger partial charge >= 0.3 is 0 Å². The summed E-state index contributed by atoms with van der Waals surface area (Å²) < 4.78 is 1.81. The van der Waals surface area contributed by atoms with Crippen molar-refractivity contribution in [1.82, 2.24) is 19.9 Å². The van der Waals surface area contributed by atoms with Crippen LogP contribution in [-0.4, -0.2) is 25.8 Å². The number of fused-ring (bicyclic) bond motifs is 3. The summed E-state index contributed by atoms with van der Waals surface area (Å²) in [5, 5.41) is 8.14. The van der Waals surface area contributed by atoms with Gasteiger partial charge in [-0.25, -0.2) is 4.68 Å². The van der Waals surface area contributed by atoms with Gasteiger partial charge in [0.05, 0.1) is 24.1 Å². The highest BCUT2D eigenvalue weighted by Crippen LogP contribution is 2.23. The molecule has 118 valence electrons. The van der Waals surface area contributed by atoms with Crippen LogP contribution in [0, 0.1) is 0 Å². The quantitative estimate of drug-likeness (QED) is 0.683. The maximum absolute atomic E-state index is 12.7. The number of carbonyl (C=O) groups excluding carboxylic acids is 1. The van der Waals surface area contributed by atoms with Gasteiger partial charge in [-0.1, -0.05) is 53.7 Å². The topological polar surface area (TPSA) is 51.0 Å². The smallest absolute Gasteiger partial charge is 0.247 e. The highest BCUT2D eigenvalue weighted by molar-refractivity contribution is 5.91. The lowest BCUT2D eigenvalue weighted by molar-refractivity contribution is -0.127. The zero-order valence-corrected chi connectivity index (χ0v) is 13.0. The predicted molar refractivity (Wildman–Crippen MR) is 91.1 cm³/mol. The van der Waals surface area contributed by atoms with E-state index < -0.39 is 0 Å². The molecule has 0 radical (unpaired) electrons. The Labute approximate surface area is 139 Å². The molecule has 0 saturated heterocycles. The molecule has 1 aliphatic rings. The van der Waals surface area contributed by atoms with Crippen molar-refractivity contribution in [3.63, 3.8) is 0 Å². The van der Waals surface area contributed by atoms with Crippen LogP contribution >= 0.6 is 0 Å². The molecule has 5 heteroatoms. The Balaban J connectivity index is 1.63. The number of nitrogens with zero attached hydrogens (tertiary/aromatic N) is 4. The van der Waals surface area contributed by atoms with E-state index in [-0.39, 0.29) is 5.91 Å². The molecule has 0 fully saturated rings. The number of aromatic nitrogens is 3. The van der Waals surface area contributed by atoms with Crippen molar-refractivity contribution in [2.75, 3.05) is 0 Å². The predicted octanol–water partition coefficient (Wildman–Crippen LogP) is 2.82. The molecule has 1 aliphatic heterocycles. The lowest BCUT2D eigenvalue weighted by Crippen LogP contribution is -2.27. The lowest BCUT2D eigenvalue weighted by atomic mass is 10.1. The second kappa shape index (κ2) is 6.12. The molecule has 0 saturated carbocycles. The van der Waals surface area contributed by atoms with Crippen LogP contribution < -0.4 is 0 Å². The van der Waals surface area contributed by atoms with E-state index in [9.17, 15) is 4.79 Å². The highest BCUT2D eigenvalue weighted by Gasteiger charge is 2.22. The molecule has 0 bridgehead atoms. The molecule has 0 atom stereocenters. The molecule has 4 rings (SSSR count). The third-order valence-electron chi connectivity index (χ3n) is 4.08. The maximum atomic E-state index is 12.7. The number of hydrogen-bond acceptors (Lipinski definition) is 3. The summed E-state index contributed by atoms with van der Waals surface area (Å²) in [6.45, 7) is 1.04. The Morgan fingerprint density at radius 2 is 1.79 bits per heavy atom. The minimum atomic E-state index is -0.0247. The molecular formula is C19H16N4O. The van der Waals surface area contributed by atoms with Gasteiger partial charge in [-0.15, -0.1) is 5.10 Å². The van der Waals surface area contributed by atoms with E-state index >= 15 is 0 Å². The molecule has 0 aliphatic carbocycles. The van der Waals surface area contributed by atoms with Gasteiger partial charge in [0.15, 0.2) is 0 Å². The molecule has 0 N–H and O–H groups in total. The van der Waals surface area contributed by atoms with Crippen molar-refractivity contribution in [2.24, 2.45) is 0 Å². The summed E-state index contributed by atoms with van der Waals surface area (Å²) in [6, 6.07) is 17.8. The van der Waals surface area contributed by atoms with E-state index in [1.165, 1.54) is 0 Å². The fourth-order valence-electron chi connectivity index (χ4n) is 2.87. The first kappa shape index (κ1) is 14.4. The second-order valence-electron chi connectivity index (χ2n) is 5.70. The van der Waals surface area contributed by atoms with E-state index in [1.54, 1.807) is 17.2 Å². The van der Waals surface area contributed by atoms with Gasteiger partial charge in [0, 0.05) is 12.6 Å². The van der Waals surface area contributed by atoms with Crippen molar-refractivity contribution < 1.29 is 4.79 Å². The highest BCUT2D eigenvalue weighted by atomic mass is 16.2. The molecule has 1 amide bonds. The van der Waals surface area contributed by atoms with Crippen LogP contribution in [0.1, 0.15) is 16.8 Å². The van der Waals surface area contributed by atoms with E-state index in [4.69, 9.17) is 0 Å². The third kappa shape index (κ3) is 2.72. The summed E-state index contributed by atoms with van der Waals surface area (Å²) in [6.07, 6.45) is 5.18. The van der Waals surface area contributed by atoms with Gasteiger partial charge in [-0.2, -0.15) is 0 Å². The Hall–Kier alpha value is -3.21. The average Bonchev–Trinajstić information content (AvgIpc) is 3.02. The summed E-state index contributed by atoms with van der Waals surface area (Å²) in [5.74, 6) is -0.0247. The summed E-state index contributed by atoms with van der Waals surface area (Å²) in [7, 11) is 0. The maximum Gasteiger partial charge on any atom is 0.247 e. The lowest BCUT2D eigenvalue weighted by Gasteiger charge is -2.18. The van der Waals surface area contributed by atoms with Crippen LogP contribution in [0.3, 0.4) is 0 Å². The first-order valence-electron chi connectivity index (χ1n) is 7.81. The number of para-hydroxylation sites is 1. The number of benzene rings is 2. The van der Waals surface area contributed by atoms with Crippen LogP contribution in [0.25, 0.3) is 11.8 Å². The van der Waals surface area contributed by atoms with Gasteiger partial charge in [0.1, 0.15) is 0 Å². The van der Waals surface area contributed by atoms with Crippen molar-refractivity contribution in [2.45, 2.75) is 13.1 Å². The van der Waals surface area contributed by atoms with E-state index in [1.807, 2.05) is 65.4 Å². The Kier molecular flexibility index (Phi) is 3.67. The Morgan fingerprint density at radius 3 is 2.67 bits per heavy atom. The normalized spacial score (nSPS) is 13.4. The fourth-order valence-corrected chi connectivity index (χ4v) is 2.87. The van der Waals surface area contributed by atoms with Gasteiger partial charge in [0.2, 0.25) is 5.91 Å². The van der Waals surface area contributed by atoms with Crippen molar-refractivity contribution >= 4 is 12.0 Å². The molecule has 0 spiro atoms. The molecule has 0 unspecified atom stereocenters. The van der Waals surface area contributed by atoms with Gasteiger partial charge < -0.3 is 4.90 Å². The number of hydrogen-bond donors (Lipinski definition) is 0. The first-order chi connectivity index (χ1) is 11.8. The Morgan fingerprint density at radius 1 is 1.00 bits per heavy atom. The zero-order valence-electron chi connectivity index (χ0n) is 13.0. The van der Waals surface area contributed by atoms with Crippen LogP contribution in [0.4, 0.5) is 0 Å². The van der Waals surface area contributed by atoms with E-state index in [2.05, 4.69) is 10.3 Å². The average molecular weight is 316 g/mol. The van der Waals surface area contributed by atoms with Crippen molar-refractivity contribution in [3.05, 3.63) is 83.7 Å². The van der Waals surface area contributed by atoms with Crippen molar-refractivity contribution in [1.29, 1.82) is 0 Å². The van der Waals surface area contributed by atoms with E-state index in [0.717, 1.165) is 22.5 Å². The van der Waals surface area contributed by atoms with Crippen LogP contribution in [0.2, 0.25) is 0 Å². The van der Waals surface area contributed by atoms with E-state index in [0.29, 0.717) is 13.1 Å². The zero-order chi connectivity index (χ0) is 16.4. The summed E-state index contributed by atoms with van der Waals surface area (Å²) in [4.78, 5) is 14.5. The molecule has 2 aromatic carbocycles. The Bertz CT molecular complexity index is 898. The largest absolute Gasteiger partial charge is 0.329 e. The minimum Gasteiger partial charge on any atom is -0.329 e. The van der Waals surface area contributed by atoms with Gasteiger partial charge in [-0.3, -0.25) is 4.79 Å². The molecule has 24 heavy (non-hydrogen) atoms. The fraction of sp³-hybridized carbons (Fsp3) is 0.105.